The Kier molecular flexibility index (Phi) is 4.78. The summed E-state index contributed by atoms with van der Waals surface area (Å²) in [6.45, 7) is 0.152. The van der Waals surface area contributed by atoms with Crippen LogP contribution in [0.15, 0.2) is 44.7 Å². The lowest BCUT2D eigenvalue weighted by atomic mass is 10.3. The van der Waals surface area contributed by atoms with E-state index in [9.17, 15) is 14.7 Å². The van der Waals surface area contributed by atoms with Gasteiger partial charge in [-0.25, -0.2) is 9.78 Å². The van der Waals surface area contributed by atoms with Crippen molar-refractivity contribution in [3.8, 4) is 5.75 Å². The first-order valence-electron chi connectivity index (χ1n) is 7.57. The van der Waals surface area contributed by atoms with Crippen molar-refractivity contribution in [3.05, 3.63) is 55.9 Å². The molecule has 0 aliphatic heterocycles. The van der Waals surface area contributed by atoms with Gasteiger partial charge >= 0.3 is 5.69 Å². The molecular weight excluding hydrogens is 392 g/mol. The summed E-state index contributed by atoms with van der Waals surface area (Å²) in [6.07, 6.45) is -0.865. The molecule has 0 amide bonds. The Bertz CT molecular complexity index is 1020. The van der Waals surface area contributed by atoms with Crippen molar-refractivity contribution in [2.45, 2.75) is 12.6 Å². The number of aliphatic hydroxyl groups is 1. The molecule has 0 unspecified atom stereocenters. The lowest BCUT2D eigenvalue weighted by Crippen LogP contribution is -2.38. The fourth-order valence-corrected chi connectivity index (χ4v) is 3.05. The zero-order valence-electron chi connectivity index (χ0n) is 13.7. The van der Waals surface area contributed by atoms with Crippen LogP contribution >= 0.6 is 15.9 Å². The summed E-state index contributed by atoms with van der Waals surface area (Å²) in [4.78, 5) is 28.7. The summed E-state index contributed by atoms with van der Waals surface area (Å²) < 4.78 is 9.74. The number of nitrogens with zero attached hydrogens (tertiary/aromatic N) is 4. The normalized spacial score (nSPS) is 12.5. The van der Waals surface area contributed by atoms with Crippen molar-refractivity contribution in [1.82, 2.24) is 18.7 Å². The van der Waals surface area contributed by atoms with Crippen molar-refractivity contribution in [2.24, 2.45) is 14.1 Å². The topological polar surface area (TPSA) is 91.3 Å². The third-order valence-electron chi connectivity index (χ3n) is 3.88. The molecule has 0 aliphatic rings. The van der Waals surface area contributed by atoms with Gasteiger partial charge in [0.2, 0.25) is 0 Å². The number of para-hydroxylation sites is 1. The van der Waals surface area contributed by atoms with Gasteiger partial charge in [-0.2, -0.15) is 0 Å². The fraction of sp³-hybridized carbons (Fsp3) is 0.312. The largest absolute Gasteiger partial charge is 0.491 e. The maximum Gasteiger partial charge on any atom is 0.332 e. The van der Waals surface area contributed by atoms with Gasteiger partial charge in [0.25, 0.3) is 5.56 Å². The molecule has 1 aromatic carbocycles. The van der Waals surface area contributed by atoms with Crippen LogP contribution < -0.4 is 16.0 Å². The van der Waals surface area contributed by atoms with Crippen LogP contribution in [0.5, 0.6) is 5.75 Å². The predicted molar refractivity (Wildman–Crippen MR) is 95.9 cm³/mol. The molecule has 3 aromatic rings. The molecule has 0 radical (unpaired) electrons. The van der Waals surface area contributed by atoms with E-state index >= 15 is 0 Å². The van der Waals surface area contributed by atoms with Gasteiger partial charge in [-0.1, -0.05) is 18.2 Å². The predicted octanol–water partition coefficient (Wildman–Crippen LogP) is 0.636. The monoisotopic (exact) mass is 408 g/mol. The highest BCUT2D eigenvalue weighted by Crippen LogP contribution is 2.17. The lowest BCUT2D eigenvalue weighted by Gasteiger charge is -2.14. The van der Waals surface area contributed by atoms with Gasteiger partial charge in [-0.15, -0.1) is 0 Å². The number of hydrogen-bond donors (Lipinski definition) is 1. The van der Waals surface area contributed by atoms with Crippen molar-refractivity contribution in [3.63, 3.8) is 0 Å². The highest BCUT2D eigenvalue weighted by atomic mass is 79.9. The van der Waals surface area contributed by atoms with Crippen LogP contribution in [0.2, 0.25) is 0 Å². The SMILES string of the molecule is Cn1c(=O)c2c(nc(Br)n2C[C@@H](O)COc2ccccc2)n(C)c1=O. The zero-order valence-corrected chi connectivity index (χ0v) is 15.3. The number of benzene rings is 1. The molecule has 0 spiro atoms. The average Bonchev–Trinajstić information content (AvgIpc) is 2.94. The number of ether oxygens (including phenoxy) is 1. The van der Waals surface area contributed by atoms with E-state index < -0.39 is 17.4 Å². The number of hydrogen-bond acceptors (Lipinski definition) is 5. The minimum Gasteiger partial charge on any atom is -0.491 e. The molecule has 3 rings (SSSR count). The maximum absolute atomic E-state index is 12.5. The van der Waals surface area contributed by atoms with Crippen LogP contribution in [0.1, 0.15) is 0 Å². The second-order valence-corrected chi connectivity index (χ2v) is 6.36. The van der Waals surface area contributed by atoms with Gasteiger partial charge in [0.15, 0.2) is 15.9 Å². The average molecular weight is 409 g/mol. The Balaban J connectivity index is 1.90. The van der Waals surface area contributed by atoms with E-state index in [0.717, 1.165) is 4.57 Å². The summed E-state index contributed by atoms with van der Waals surface area (Å²) in [6, 6.07) is 9.14. The molecule has 25 heavy (non-hydrogen) atoms. The number of aromatic nitrogens is 4. The number of imidazole rings is 1. The molecule has 0 aliphatic carbocycles. The quantitative estimate of drug-likeness (QED) is 0.625. The highest BCUT2D eigenvalue weighted by Gasteiger charge is 2.20. The molecule has 0 saturated carbocycles. The van der Waals surface area contributed by atoms with Crippen LogP contribution in [0, 0.1) is 0 Å². The number of rotatable bonds is 5. The maximum atomic E-state index is 12.5. The summed E-state index contributed by atoms with van der Waals surface area (Å²) in [5, 5.41) is 10.3. The molecule has 8 nitrogen and oxygen atoms in total. The Labute approximate surface area is 151 Å². The van der Waals surface area contributed by atoms with E-state index in [0.29, 0.717) is 10.5 Å². The van der Waals surface area contributed by atoms with Crippen molar-refractivity contribution < 1.29 is 9.84 Å². The third-order valence-corrected chi connectivity index (χ3v) is 4.49. The van der Waals surface area contributed by atoms with E-state index in [4.69, 9.17) is 4.74 Å². The van der Waals surface area contributed by atoms with Crippen LogP contribution in [0.3, 0.4) is 0 Å². The first kappa shape index (κ1) is 17.4. The van der Waals surface area contributed by atoms with Gasteiger partial charge in [0.05, 0.1) is 6.54 Å². The van der Waals surface area contributed by atoms with E-state index in [-0.39, 0.29) is 24.3 Å². The summed E-state index contributed by atoms with van der Waals surface area (Å²) in [5.41, 5.74) is -0.415. The van der Waals surface area contributed by atoms with Gasteiger partial charge in [0.1, 0.15) is 18.5 Å². The van der Waals surface area contributed by atoms with Crippen LogP contribution in [0.4, 0.5) is 0 Å². The van der Waals surface area contributed by atoms with Gasteiger partial charge in [-0.05, 0) is 28.1 Å². The molecular formula is C16H17BrN4O4. The molecule has 0 saturated heterocycles. The number of aryl methyl sites for hydroxylation is 1. The first-order chi connectivity index (χ1) is 11.9. The van der Waals surface area contributed by atoms with E-state index in [2.05, 4.69) is 20.9 Å². The minimum atomic E-state index is -0.865. The Morgan fingerprint density at radius 1 is 1.20 bits per heavy atom. The number of halogens is 1. The van der Waals surface area contributed by atoms with Gasteiger partial charge in [0, 0.05) is 14.1 Å². The molecule has 0 bridgehead atoms. The second kappa shape index (κ2) is 6.85. The third kappa shape index (κ3) is 3.24. The smallest absolute Gasteiger partial charge is 0.332 e. The summed E-state index contributed by atoms with van der Waals surface area (Å²) >= 11 is 3.29. The second-order valence-electron chi connectivity index (χ2n) is 5.65. The lowest BCUT2D eigenvalue weighted by molar-refractivity contribution is 0.0928. The Morgan fingerprint density at radius 2 is 1.88 bits per heavy atom. The van der Waals surface area contributed by atoms with Crippen molar-refractivity contribution in [2.75, 3.05) is 6.61 Å². The van der Waals surface area contributed by atoms with Crippen molar-refractivity contribution >= 4 is 27.1 Å². The van der Waals surface area contributed by atoms with E-state index in [1.807, 2.05) is 18.2 Å². The molecule has 2 heterocycles. The Hall–Kier alpha value is -2.39. The van der Waals surface area contributed by atoms with E-state index in [1.54, 1.807) is 19.2 Å². The van der Waals surface area contributed by atoms with Gasteiger partial charge < -0.3 is 14.4 Å². The van der Waals surface area contributed by atoms with Crippen LogP contribution in [0.25, 0.3) is 11.2 Å². The van der Waals surface area contributed by atoms with E-state index in [1.165, 1.54) is 16.2 Å². The molecule has 2 aromatic heterocycles. The molecule has 1 N–H and O–H groups in total. The zero-order chi connectivity index (χ0) is 18.1. The fourth-order valence-electron chi connectivity index (χ4n) is 2.56. The molecule has 9 heteroatoms. The summed E-state index contributed by atoms with van der Waals surface area (Å²) in [7, 11) is 2.95. The molecule has 1 atom stereocenters. The number of aliphatic hydroxyl groups excluding tert-OH is 1. The van der Waals surface area contributed by atoms with Gasteiger partial charge in [-0.3, -0.25) is 13.9 Å². The molecule has 132 valence electrons. The highest BCUT2D eigenvalue weighted by molar-refractivity contribution is 9.10. The number of fused-ring (bicyclic) bond motifs is 1. The first-order valence-corrected chi connectivity index (χ1v) is 8.37. The van der Waals surface area contributed by atoms with Crippen LogP contribution in [-0.4, -0.2) is 36.5 Å². The van der Waals surface area contributed by atoms with Crippen LogP contribution in [-0.2, 0) is 20.6 Å². The summed E-state index contributed by atoms with van der Waals surface area (Å²) in [5.74, 6) is 0.648. The standard InChI is InChI=1S/C16H17BrN4O4/c1-19-13-12(14(23)20(2)16(19)24)21(15(17)18-13)8-10(22)9-25-11-6-4-3-5-7-11/h3-7,10,22H,8-9H2,1-2H3/t10-/m1/s1. The Morgan fingerprint density at radius 3 is 2.56 bits per heavy atom. The molecule has 0 fully saturated rings. The minimum absolute atomic E-state index is 0.0577. The van der Waals surface area contributed by atoms with Crippen molar-refractivity contribution in [1.29, 1.82) is 0 Å².